The van der Waals surface area contributed by atoms with Gasteiger partial charge in [0.2, 0.25) is 5.12 Å². The van der Waals surface area contributed by atoms with E-state index in [4.69, 9.17) is 0 Å². The van der Waals surface area contributed by atoms with Crippen LogP contribution in [-0.2, 0) is 4.79 Å². The van der Waals surface area contributed by atoms with Crippen molar-refractivity contribution in [3.63, 3.8) is 0 Å². The van der Waals surface area contributed by atoms with E-state index < -0.39 is 0 Å². The van der Waals surface area contributed by atoms with Gasteiger partial charge in [0.25, 0.3) is 0 Å². The van der Waals surface area contributed by atoms with Crippen molar-refractivity contribution in [3.05, 3.63) is 65.2 Å². The minimum Gasteiger partial charge on any atom is -0.282 e. The zero-order chi connectivity index (χ0) is 15.8. The molecular weight excluding hydrogens is 292 g/mol. The third-order valence-corrected chi connectivity index (χ3v) is 3.70. The predicted molar refractivity (Wildman–Crippen MR) is 94.3 cm³/mol. The van der Waals surface area contributed by atoms with Gasteiger partial charge in [0.05, 0.1) is 11.4 Å². The molecule has 0 radical (unpaired) electrons. The summed E-state index contributed by atoms with van der Waals surface area (Å²) < 4.78 is 0. The van der Waals surface area contributed by atoms with Crippen LogP contribution in [0.5, 0.6) is 0 Å². The fourth-order valence-electron chi connectivity index (χ4n) is 1.83. The van der Waals surface area contributed by atoms with Crippen LogP contribution in [-0.4, -0.2) is 20.8 Å². The van der Waals surface area contributed by atoms with E-state index in [9.17, 15) is 4.79 Å². The molecule has 0 atom stereocenters. The van der Waals surface area contributed by atoms with Crippen LogP contribution in [0, 0.1) is 6.92 Å². The van der Waals surface area contributed by atoms with Crippen molar-refractivity contribution in [2.75, 3.05) is 5.75 Å². The van der Waals surface area contributed by atoms with Crippen LogP contribution >= 0.6 is 11.8 Å². The molecule has 0 aliphatic rings. The average Bonchev–Trinajstić information content (AvgIpc) is 2.53. The minimum atomic E-state index is 0.0876. The maximum atomic E-state index is 11.4. The van der Waals surface area contributed by atoms with Crippen LogP contribution < -0.4 is 0 Å². The second kappa shape index (κ2) is 8.29. The summed E-state index contributed by atoms with van der Waals surface area (Å²) in [6.45, 7) is 3.91. The smallest absolute Gasteiger partial charge is 0.212 e. The summed E-state index contributed by atoms with van der Waals surface area (Å²) in [5.41, 5.74) is 3.87. The van der Waals surface area contributed by atoms with Gasteiger partial charge < -0.3 is 0 Å². The Morgan fingerprint density at radius 3 is 2.32 bits per heavy atom. The molecule has 0 bridgehead atoms. The number of hydrogen-bond donors (Lipinski definition) is 0. The molecule has 0 unspecified atom stereocenters. The second-order valence-corrected chi connectivity index (χ2v) is 5.88. The van der Waals surface area contributed by atoms with Gasteiger partial charge in [-0.25, -0.2) is 0 Å². The van der Waals surface area contributed by atoms with Gasteiger partial charge in [0.1, 0.15) is 0 Å². The molecule has 1 aromatic carbocycles. The first-order valence-corrected chi connectivity index (χ1v) is 8.08. The summed E-state index contributed by atoms with van der Waals surface area (Å²) >= 11 is 1.31. The van der Waals surface area contributed by atoms with E-state index in [1.54, 1.807) is 18.5 Å². The van der Waals surface area contributed by atoms with Gasteiger partial charge in [0, 0.05) is 12.4 Å². The molecular formula is C18H18N2OS. The number of benzene rings is 1. The first kappa shape index (κ1) is 16.2. The van der Waals surface area contributed by atoms with Crippen molar-refractivity contribution in [3.8, 4) is 0 Å². The molecule has 0 spiro atoms. The van der Waals surface area contributed by atoms with Crippen LogP contribution in [0.25, 0.3) is 18.2 Å². The second-order valence-electron chi connectivity index (χ2n) is 4.61. The first-order chi connectivity index (χ1) is 10.7. The molecule has 3 nitrogen and oxygen atoms in total. The molecule has 0 aliphatic carbocycles. The summed E-state index contributed by atoms with van der Waals surface area (Å²) in [4.78, 5) is 19.9. The zero-order valence-electron chi connectivity index (χ0n) is 12.7. The summed E-state index contributed by atoms with van der Waals surface area (Å²) in [5, 5.41) is 0.0876. The highest BCUT2D eigenvalue weighted by atomic mass is 32.2. The van der Waals surface area contributed by atoms with Gasteiger partial charge in [-0.2, -0.15) is 0 Å². The lowest BCUT2D eigenvalue weighted by Gasteiger charge is -1.98. The van der Waals surface area contributed by atoms with Crippen molar-refractivity contribution in [2.45, 2.75) is 13.8 Å². The molecule has 2 aromatic rings. The monoisotopic (exact) mass is 310 g/mol. The van der Waals surface area contributed by atoms with Gasteiger partial charge in [0.15, 0.2) is 0 Å². The van der Waals surface area contributed by atoms with Crippen molar-refractivity contribution in [1.82, 2.24) is 9.97 Å². The van der Waals surface area contributed by atoms with Crippen molar-refractivity contribution in [1.29, 1.82) is 0 Å². The Morgan fingerprint density at radius 2 is 1.68 bits per heavy atom. The maximum Gasteiger partial charge on any atom is 0.212 e. The number of aromatic nitrogens is 2. The quantitative estimate of drug-likeness (QED) is 0.774. The molecule has 112 valence electrons. The van der Waals surface area contributed by atoms with Crippen molar-refractivity contribution in [2.24, 2.45) is 0 Å². The average molecular weight is 310 g/mol. The Morgan fingerprint density at radius 1 is 1.05 bits per heavy atom. The summed E-state index contributed by atoms with van der Waals surface area (Å²) in [6, 6.07) is 8.01. The third-order valence-electron chi connectivity index (χ3n) is 2.99. The standard InChI is InChI=1S/C18H18N2OS/c1-3-22-18(21)11-9-16-6-4-15(5-7-16)8-10-17-14(2)19-12-13-20-17/h4-13H,3H2,1-2H3/b10-8+,11-9+. The maximum absolute atomic E-state index is 11.4. The van der Waals surface area contributed by atoms with Gasteiger partial charge in [-0.3, -0.25) is 14.8 Å². The van der Waals surface area contributed by atoms with Crippen LogP contribution in [0.3, 0.4) is 0 Å². The lowest BCUT2D eigenvalue weighted by atomic mass is 10.1. The highest BCUT2D eigenvalue weighted by Gasteiger charge is 1.96. The number of carbonyl (C=O) groups is 1. The highest BCUT2D eigenvalue weighted by Crippen LogP contribution is 2.12. The molecule has 22 heavy (non-hydrogen) atoms. The summed E-state index contributed by atoms with van der Waals surface area (Å²) in [6.07, 6.45) is 10.8. The van der Waals surface area contributed by atoms with E-state index >= 15 is 0 Å². The van der Waals surface area contributed by atoms with Crippen LogP contribution in [0.4, 0.5) is 0 Å². The van der Waals surface area contributed by atoms with Crippen LogP contribution in [0.15, 0.2) is 42.7 Å². The van der Waals surface area contributed by atoms with E-state index in [1.165, 1.54) is 11.8 Å². The molecule has 0 fully saturated rings. The van der Waals surface area contributed by atoms with Crippen LogP contribution in [0.1, 0.15) is 29.4 Å². The Hall–Kier alpha value is -2.20. The van der Waals surface area contributed by atoms with Gasteiger partial charge >= 0.3 is 0 Å². The zero-order valence-corrected chi connectivity index (χ0v) is 13.5. The predicted octanol–water partition coefficient (Wildman–Crippen LogP) is 4.25. The lowest BCUT2D eigenvalue weighted by Crippen LogP contribution is -1.88. The van der Waals surface area contributed by atoms with Gasteiger partial charge in [-0.1, -0.05) is 55.1 Å². The molecule has 1 heterocycles. The molecule has 0 aliphatic heterocycles. The number of thioether (sulfide) groups is 1. The van der Waals surface area contributed by atoms with Gasteiger partial charge in [-0.05, 0) is 36.0 Å². The Kier molecular flexibility index (Phi) is 6.10. The summed E-state index contributed by atoms with van der Waals surface area (Å²) in [5.74, 6) is 0.800. The Labute approximate surface area is 135 Å². The normalized spacial score (nSPS) is 11.4. The molecule has 2 rings (SSSR count). The molecule has 0 saturated carbocycles. The molecule has 0 saturated heterocycles. The molecule has 1 aromatic heterocycles. The largest absolute Gasteiger partial charge is 0.282 e. The van der Waals surface area contributed by atoms with Gasteiger partial charge in [-0.15, -0.1) is 0 Å². The number of nitrogens with zero attached hydrogens (tertiary/aromatic N) is 2. The van der Waals surface area contributed by atoms with E-state index in [2.05, 4.69) is 9.97 Å². The summed E-state index contributed by atoms with van der Waals surface area (Å²) in [7, 11) is 0. The van der Waals surface area contributed by atoms with E-state index in [0.717, 1.165) is 28.3 Å². The molecule has 0 amide bonds. The van der Waals surface area contributed by atoms with E-state index in [0.29, 0.717) is 0 Å². The Balaban J connectivity index is 2.03. The SMILES string of the molecule is CCSC(=O)/C=C/c1ccc(/C=C/c2nccnc2C)cc1. The number of hydrogen-bond acceptors (Lipinski definition) is 4. The van der Waals surface area contributed by atoms with E-state index in [1.807, 2.05) is 56.3 Å². The number of carbonyl (C=O) groups excluding carboxylic acids is 1. The first-order valence-electron chi connectivity index (χ1n) is 7.09. The topological polar surface area (TPSA) is 42.9 Å². The highest BCUT2D eigenvalue weighted by molar-refractivity contribution is 8.14. The lowest BCUT2D eigenvalue weighted by molar-refractivity contribution is -0.106. The number of rotatable bonds is 5. The molecule has 4 heteroatoms. The Bertz CT molecular complexity index is 690. The number of aryl methyl sites for hydroxylation is 1. The third kappa shape index (κ3) is 4.97. The molecule has 0 N–H and O–H groups in total. The fraction of sp³-hybridized carbons (Fsp3) is 0.167. The van der Waals surface area contributed by atoms with Crippen LogP contribution in [0.2, 0.25) is 0 Å². The fourth-order valence-corrected chi connectivity index (χ4v) is 2.28. The van der Waals surface area contributed by atoms with Crippen molar-refractivity contribution < 1.29 is 4.79 Å². The van der Waals surface area contributed by atoms with E-state index in [-0.39, 0.29) is 5.12 Å². The minimum absolute atomic E-state index is 0.0876. The van der Waals surface area contributed by atoms with Crippen molar-refractivity contribution >= 4 is 35.1 Å².